The van der Waals surface area contributed by atoms with Gasteiger partial charge in [-0.15, -0.1) is 0 Å². The molecule has 1 aromatic rings. The minimum Gasteiger partial charge on any atom is -0.390 e. The van der Waals surface area contributed by atoms with Crippen LogP contribution in [-0.2, 0) is 20.8 Å². The van der Waals surface area contributed by atoms with E-state index in [2.05, 4.69) is 0 Å². The van der Waals surface area contributed by atoms with Gasteiger partial charge >= 0.3 is 0 Å². The molecule has 0 saturated carbocycles. The van der Waals surface area contributed by atoms with Gasteiger partial charge in [0.25, 0.3) is 0 Å². The molecule has 0 aromatic heterocycles. The predicted molar refractivity (Wildman–Crippen MR) is 76.1 cm³/mol. The fraction of sp³-hybridized carbons (Fsp3) is 0.625. The largest absolute Gasteiger partial charge is 0.390 e. The number of benzene rings is 1. The lowest BCUT2D eigenvalue weighted by Gasteiger charge is -2.41. The summed E-state index contributed by atoms with van der Waals surface area (Å²) in [6.45, 7) is 4.94. The highest BCUT2D eigenvalue weighted by molar-refractivity contribution is 5.13. The Bertz CT molecular complexity index is 393. The van der Waals surface area contributed by atoms with Crippen molar-refractivity contribution in [1.82, 2.24) is 0 Å². The molecule has 1 aliphatic rings. The van der Waals surface area contributed by atoms with Crippen LogP contribution in [0, 0.1) is 11.8 Å². The third-order valence-corrected chi connectivity index (χ3v) is 4.11. The maximum absolute atomic E-state index is 10.3. The molecular weight excluding hydrogens is 256 g/mol. The molecule has 112 valence electrons. The Morgan fingerprint density at radius 3 is 2.50 bits per heavy atom. The number of hydrogen-bond acceptors (Lipinski definition) is 4. The highest BCUT2D eigenvalue weighted by Gasteiger charge is 2.40. The first-order chi connectivity index (χ1) is 9.63. The van der Waals surface area contributed by atoms with E-state index in [4.69, 9.17) is 14.2 Å². The van der Waals surface area contributed by atoms with Gasteiger partial charge in [0.2, 0.25) is 0 Å². The number of aliphatic hydroxyl groups excluding tert-OH is 1. The van der Waals surface area contributed by atoms with Gasteiger partial charge in [-0.05, 0) is 11.5 Å². The maximum Gasteiger partial charge on any atom is 0.160 e. The zero-order chi connectivity index (χ0) is 14.5. The van der Waals surface area contributed by atoms with Gasteiger partial charge in [0, 0.05) is 13.0 Å². The minimum absolute atomic E-state index is 0.124. The standard InChI is InChI=1S/C16H24O4/c1-11-12(2)16(18-3)20-14(15(11)17)10-19-9-13-7-5-4-6-8-13/h4-8,11-12,14-17H,9-10H2,1-3H3/t11-,12?,14?,15+,16+/m1/s1. The van der Waals surface area contributed by atoms with Gasteiger partial charge in [-0.25, -0.2) is 0 Å². The molecule has 4 heteroatoms. The van der Waals surface area contributed by atoms with Crippen LogP contribution in [0.4, 0.5) is 0 Å². The SMILES string of the molecule is CO[C@H]1OC(COCc2ccccc2)[C@@H](O)[C@H](C)C1C. The summed E-state index contributed by atoms with van der Waals surface area (Å²) in [5.41, 5.74) is 1.11. The van der Waals surface area contributed by atoms with Gasteiger partial charge in [0.1, 0.15) is 6.10 Å². The number of methoxy groups -OCH3 is 1. The fourth-order valence-electron chi connectivity index (χ4n) is 2.55. The Hall–Kier alpha value is -0.940. The van der Waals surface area contributed by atoms with Crippen molar-refractivity contribution in [3.05, 3.63) is 35.9 Å². The quantitative estimate of drug-likeness (QED) is 0.898. The molecule has 1 saturated heterocycles. The Labute approximate surface area is 120 Å². The van der Waals surface area contributed by atoms with E-state index >= 15 is 0 Å². The molecule has 2 unspecified atom stereocenters. The zero-order valence-electron chi connectivity index (χ0n) is 12.4. The van der Waals surface area contributed by atoms with Crippen LogP contribution >= 0.6 is 0 Å². The average molecular weight is 280 g/mol. The van der Waals surface area contributed by atoms with E-state index in [0.717, 1.165) is 5.56 Å². The second kappa shape index (κ2) is 7.18. The van der Waals surface area contributed by atoms with E-state index in [1.807, 2.05) is 44.2 Å². The summed E-state index contributed by atoms with van der Waals surface area (Å²) in [5, 5.41) is 10.3. The van der Waals surface area contributed by atoms with Crippen LogP contribution in [-0.4, -0.2) is 37.3 Å². The first kappa shape index (κ1) is 15.4. The second-order valence-electron chi connectivity index (χ2n) is 5.49. The van der Waals surface area contributed by atoms with Crippen molar-refractivity contribution in [2.75, 3.05) is 13.7 Å². The number of ether oxygens (including phenoxy) is 3. The molecule has 2 rings (SSSR count). The lowest BCUT2D eigenvalue weighted by molar-refractivity contribution is -0.263. The normalized spacial score (nSPS) is 34.1. The molecule has 0 amide bonds. The first-order valence-corrected chi connectivity index (χ1v) is 7.11. The van der Waals surface area contributed by atoms with Gasteiger partial charge in [-0.3, -0.25) is 0 Å². The third-order valence-electron chi connectivity index (χ3n) is 4.11. The Morgan fingerprint density at radius 2 is 1.85 bits per heavy atom. The van der Waals surface area contributed by atoms with Crippen LogP contribution in [0.15, 0.2) is 30.3 Å². The van der Waals surface area contributed by atoms with Crippen LogP contribution < -0.4 is 0 Å². The summed E-state index contributed by atoms with van der Waals surface area (Å²) in [6.07, 6.45) is -1.14. The maximum atomic E-state index is 10.3. The van der Waals surface area contributed by atoms with E-state index in [1.54, 1.807) is 7.11 Å². The highest BCUT2D eigenvalue weighted by Crippen LogP contribution is 2.31. The summed E-state index contributed by atoms with van der Waals surface area (Å²) >= 11 is 0. The van der Waals surface area contributed by atoms with Gasteiger partial charge in [0.15, 0.2) is 6.29 Å². The first-order valence-electron chi connectivity index (χ1n) is 7.11. The Morgan fingerprint density at radius 1 is 1.15 bits per heavy atom. The molecule has 0 spiro atoms. The van der Waals surface area contributed by atoms with Gasteiger partial charge in [-0.2, -0.15) is 0 Å². The Balaban J connectivity index is 1.85. The lowest BCUT2D eigenvalue weighted by atomic mass is 9.85. The number of rotatable bonds is 5. The molecule has 1 aliphatic heterocycles. The van der Waals surface area contributed by atoms with Gasteiger partial charge < -0.3 is 19.3 Å². The smallest absolute Gasteiger partial charge is 0.160 e. The van der Waals surface area contributed by atoms with Crippen LogP contribution in [0.1, 0.15) is 19.4 Å². The van der Waals surface area contributed by atoms with Crippen LogP contribution in [0.3, 0.4) is 0 Å². The van der Waals surface area contributed by atoms with E-state index in [-0.39, 0.29) is 24.2 Å². The summed E-state index contributed by atoms with van der Waals surface area (Å²) in [6, 6.07) is 9.97. The van der Waals surface area contributed by atoms with E-state index in [9.17, 15) is 5.11 Å². The molecule has 5 atom stereocenters. The van der Waals surface area contributed by atoms with Crippen molar-refractivity contribution in [2.24, 2.45) is 11.8 Å². The molecule has 0 radical (unpaired) electrons. The summed E-state index contributed by atoms with van der Waals surface area (Å²) in [5.74, 6) is 0.291. The molecule has 4 nitrogen and oxygen atoms in total. The predicted octanol–water partition coefficient (Wildman–Crippen LogP) is 2.21. The van der Waals surface area contributed by atoms with Crippen molar-refractivity contribution < 1.29 is 19.3 Å². The monoisotopic (exact) mass is 280 g/mol. The molecular formula is C16H24O4. The highest BCUT2D eigenvalue weighted by atomic mass is 16.7. The zero-order valence-corrected chi connectivity index (χ0v) is 12.4. The number of aliphatic hydroxyl groups is 1. The van der Waals surface area contributed by atoms with Gasteiger partial charge in [0.05, 0.1) is 19.3 Å². The number of hydrogen-bond donors (Lipinski definition) is 1. The summed E-state index contributed by atoms with van der Waals surface area (Å²) < 4.78 is 16.8. The molecule has 0 bridgehead atoms. The van der Waals surface area contributed by atoms with E-state index in [1.165, 1.54) is 0 Å². The van der Waals surface area contributed by atoms with Crippen LogP contribution in [0.2, 0.25) is 0 Å². The molecule has 1 heterocycles. The van der Waals surface area contributed by atoms with Crippen molar-refractivity contribution >= 4 is 0 Å². The topological polar surface area (TPSA) is 47.9 Å². The van der Waals surface area contributed by atoms with Crippen molar-refractivity contribution in [3.63, 3.8) is 0 Å². The minimum atomic E-state index is -0.521. The van der Waals surface area contributed by atoms with Crippen LogP contribution in [0.5, 0.6) is 0 Å². The van der Waals surface area contributed by atoms with Gasteiger partial charge in [-0.1, -0.05) is 44.2 Å². The molecule has 0 aliphatic carbocycles. The fourth-order valence-corrected chi connectivity index (χ4v) is 2.55. The van der Waals surface area contributed by atoms with E-state index < -0.39 is 6.10 Å². The molecule has 1 aromatic carbocycles. The lowest BCUT2D eigenvalue weighted by Crippen LogP contribution is -2.51. The van der Waals surface area contributed by atoms with Crippen molar-refractivity contribution in [2.45, 2.75) is 39.0 Å². The summed E-state index contributed by atoms with van der Waals surface area (Å²) in [4.78, 5) is 0. The second-order valence-corrected chi connectivity index (χ2v) is 5.49. The van der Waals surface area contributed by atoms with Crippen molar-refractivity contribution in [3.8, 4) is 0 Å². The van der Waals surface area contributed by atoms with Crippen LogP contribution in [0.25, 0.3) is 0 Å². The molecule has 1 fully saturated rings. The molecule has 1 N–H and O–H groups in total. The average Bonchev–Trinajstić information content (AvgIpc) is 2.48. The molecule has 20 heavy (non-hydrogen) atoms. The van der Waals surface area contributed by atoms with Crippen molar-refractivity contribution in [1.29, 1.82) is 0 Å². The third kappa shape index (κ3) is 3.58. The van der Waals surface area contributed by atoms with E-state index in [0.29, 0.717) is 13.2 Å². The summed E-state index contributed by atoms with van der Waals surface area (Å²) in [7, 11) is 1.63. The Kier molecular flexibility index (Phi) is 5.54.